The Balaban J connectivity index is 2.03. The van der Waals surface area contributed by atoms with Crippen LogP contribution >= 0.6 is 15.9 Å². The van der Waals surface area contributed by atoms with Crippen LogP contribution in [0.25, 0.3) is 10.9 Å². The Hall–Kier alpha value is -1.58. The van der Waals surface area contributed by atoms with E-state index in [9.17, 15) is 0 Å². The maximum atomic E-state index is 5.84. The molecule has 0 atom stereocenters. The maximum absolute atomic E-state index is 5.84. The number of hydrogen-bond acceptors (Lipinski definition) is 1. The number of benzene rings is 2. The lowest BCUT2D eigenvalue weighted by molar-refractivity contribution is 0.830. The maximum Gasteiger partial charge on any atom is 0.0528 e. The summed E-state index contributed by atoms with van der Waals surface area (Å²) in [6.45, 7) is 1.44. The minimum absolute atomic E-state index is 0.571. The molecule has 0 saturated carbocycles. The van der Waals surface area contributed by atoms with E-state index in [1.54, 1.807) is 0 Å². The van der Waals surface area contributed by atoms with Crippen molar-refractivity contribution >= 4 is 26.8 Å². The van der Waals surface area contributed by atoms with Crippen molar-refractivity contribution in [1.29, 1.82) is 0 Å². The monoisotopic (exact) mass is 314 g/mol. The molecule has 3 aromatic rings. The van der Waals surface area contributed by atoms with Crippen LogP contribution in [0.1, 0.15) is 11.1 Å². The van der Waals surface area contributed by atoms with Gasteiger partial charge in [0, 0.05) is 23.8 Å². The predicted molar refractivity (Wildman–Crippen MR) is 83.1 cm³/mol. The Morgan fingerprint density at radius 2 is 1.79 bits per heavy atom. The van der Waals surface area contributed by atoms with Crippen LogP contribution in [0.3, 0.4) is 0 Å². The Morgan fingerprint density at radius 3 is 2.53 bits per heavy atom. The zero-order valence-corrected chi connectivity index (χ0v) is 12.1. The van der Waals surface area contributed by atoms with Crippen molar-refractivity contribution in [3.05, 3.63) is 70.3 Å². The van der Waals surface area contributed by atoms with E-state index in [1.165, 1.54) is 22.0 Å². The number of hydrogen-bond donors (Lipinski definition) is 1. The average molecular weight is 315 g/mol. The molecular formula is C16H15BrN2. The fourth-order valence-electron chi connectivity index (χ4n) is 2.42. The summed E-state index contributed by atoms with van der Waals surface area (Å²) >= 11 is 3.46. The lowest BCUT2D eigenvalue weighted by atomic mass is 10.1. The second-order valence-corrected chi connectivity index (χ2v) is 5.54. The van der Waals surface area contributed by atoms with Gasteiger partial charge in [-0.15, -0.1) is 0 Å². The topological polar surface area (TPSA) is 30.9 Å². The normalized spacial score (nSPS) is 11.1. The first-order valence-electron chi connectivity index (χ1n) is 6.29. The minimum Gasteiger partial charge on any atom is -0.343 e. The molecule has 3 heteroatoms. The molecule has 2 aromatic carbocycles. The summed E-state index contributed by atoms with van der Waals surface area (Å²) in [5.74, 6) is 0. The van der Waals surface area contributed by atoms with E-state index < -0.39 is 0 Å². The molecule has 0 fully saturated rings. The number of nitrogens with zero attached hydrogens (tertiary/aromatic N) is 1. The molecule has 96 valence electrons. The van der Waals surface area contributed by atoms with Gasteiger partial charge < -0.3 is 10.3 Å². The van der Waals surface area contributed by atoms with Crippen LogP contribution in [0.2, 0.25) is 0 Å². The van der Waals surface area contributed by atoms with Gasteiger partial charge in [0.05, 0.1) is 5.52 Å². The summed E-state index contributed by atoms with van der Waals surface area (Å²) in [6.07, 6.45) is 2.13. The number of halogens is 1. The lowest BCUT2D eigenvalue weighted by Gasteiger charge is -2.09. The summed E-state index contributed by atoms with van der Waals surface area (Å²) in [7, 11) is 0. The third kappa shape index (κ3) is 2.44. The van der Waals surface area contributed by atoms with Crippen molar-refractivity contribution in [2.24, 2.45) is 5.73 Å². The number of nitrogens with two attached hydrogens (primary N) is 1. The molecule has 0 spiro atoms. The number of rotatable bonds is 3. The second kappa shape index (κ2) is 5.19. The number of para-hydroxylation sites is 1. The van der Waals surface area contributed by atoms with E-state index in [1.807, 2.05) is 0 Å². The highest BCUT2D eigenvalue weighted by Gasteiger charge is 2.05. The van der Waals surface area contributed by atoms with Gasteiger partial charge >= 0.3 is 0 Å². The van der Waals surface area contributed by atoms with Gasteiger partial charge in [0.2, 0.25) is 0 Å². The molecule has 2 nitrogen and oxygen atoms in total. The van der Waals surface area contributed by atoms with Crippen molar-refractivity contribution in [2.45, 2.75) is 13.1 Å². The van der Waals surface area contributed by atoms with Crippen molar-refractivity contribution in [3.8, 4) is 0 Å². The molecule has 0 unspecified atom stereocenters. The Kier molecular flexibility index (Phi) is 3.40. The summed E-state index contributed by atoms with van der Waals surface area (Å²) in [6, 6.07) is 16.9. The van der Waals surface area contributed by atoms with Crippen LogP contribution in [-0.2, 0) is 13.1 Å². The van der Waals surface area contributed by atoms with Crippen molar-refractivity contribution < 1.29 is 0 Å². The average Bonchev–Trinajstić information content (AvgIpc) is 2.85. The number of fused-ring (bicyclic) bond motifs is 1. The third-order valence-corrected chi connectivity index (χ3v) is 3.89. The zero-order chi connectivity index (χ0) is 13.2. The van der Waals surface area contributed by atoms with Crippen LogP contribution in [0.4, 0.5) is 0 Å². The van der Waals surface area contributed by atoms with E-state index in [4.69, 9.17) is 5.73 Å². The molecule has 19 heavy (non-hydrogen) atoms. The molecule has 1 heterocycles. The van der Waals surface area contributed by atoms with Crippen LogP contribution < -0.4 is 5.73 Å². The van der Waals surface area contributed by atoms with Gasteiger partial charge in [-0.25, -0.2) is 0 Å². The molecule has 0 aliphatic carbocycles. The first kappa shape index (κ1) is 12.5. The molecule has 0 aliphatic heterocycles. The summed E-state index contributed by atoms with van der Waals surface area (Å²) in [5, 5.41) is 1.25. The summed E-state index contributed by atoms with van der Waals surface area (Å²) in [4.78, 5) is 0. The summed E-state index contributed by atoms with van der Waals surface area (Å²) < 4.78 is 3.37. The number of aromatic nitrogens is 1. The van der Waals surface area contributed by atoms with Crippen LogP contribution in [0.15, 0.2) is 59.2 Å². The zero-order valence-electron chi connectivity index (χ0n) is 10.5. The van der Waals surface area contributed by atoms with Gasteiger partial charge in [-0.3, -0.25) is 0 Å². The molecule has 3 rings (SSSR count). The molecule has 1 aromatic heterocycles. The van der Waals surface area contributed by atoms with Crippen LogP contribution in [-0.4, -0.2) is 4.57 Å². The van der Waals surface area contributed by atoms with E-state index >= 15 is 0 Å². The van der Waals surface area contributed by atoms with Crippen molar-refractivity contribution in [3.63, 3.8) is 0 Å². The van der Waals surface area contributed by atoms with Gasteiger partial charge in [0.15, 0.2) is 0 Å². The highest BCUT2D eigenvalue weighted by atomic mass is 79.9. The van der Waals surface area contributed by atoms with E-state index in [-0.39, 0.29) is 0 Å². The molecule has 0 aliphatic rings. The van der Waals surface area contributed by atoms with Crippen molar-refractivity contribution in [2.75, 3.05) is 0 Å². The SMILES string of the molecule is NCc1cccc2ccn(Cc3ccc(Br)cc3)c12. The highest BCUT2D eigenvalue weighted by molar-refractivity contribution is 9.10. The minimum atomic E-state index is 0.571. The largest absolute Gasteiger partial charge is 0.343 e. The first-order valence-corrected chi connectivity index (χ1v) is 7.08. The molecule has 0 radical (unpaired) electrons. The molecule has 0 bridgehead atoms. The second-order valence-electron chi connectivity index (χ2n) is 4.63. The van der Waals surface area contributed by atoms with E-state index in [2.05, 4.69) is 75.2 Å². The van der Waals surface area contributed by atoms with Gasteiger partial charge in [0.25, 0.3) is 0 Å². The molecular weight excluding hydrogens is 300 g/mol. The molecule has 0 amide bonds. The summed E-state index contributed by atoms with van der Waals surface area (Å²) in [5.41, 5.74) is 9.56. The van der Waals surface area contributed by atoms with Gasteiger partial charge in [0.1, 0.15) is 0 Å². The van der Waals surface area contributed by atoms with Gasteiger partial charge in [-0.1, -0.05) is 46.3 Å². The smallest absolute Gasteiger partial charge is 0.0528 e. The predicted octanol–water partition coefficient (Wildman–Crippen LogP) is 3.91. The van der Waals surface area contributed by atoms with E-state index in [0.717, 1.165) is 11.0 Å². The Bertz CT molecular complexity index is 698. The lowest BCUT2D eigenvalue weighted by Crippen LogP contribution is -2.03. The van der Waals surface area contributed by atoms with Crippen molar-refractivity contribution in [1.82, 2.24) is 4.57 Å². The standard InChI is InChI=1S/C16H15BrN2/c17-15-6-4-12(5-7-15)11-19-9-8-13-2-1-3-14(10-18)16(13)19/h1-9H,10-11,18H2. The molecule has 2 N–H and O–H groups in total. The fraction of sp³-hybridized carbons (Fsp3) is 0.125. The first-order chi connectivity index (χ1) is 9.28. The van der Waals surface area contributed by atoms with Gasteiger partial charge in [-0.2, -0.15) is 0 Å². The third-order valence-electron chi connectivity index (χ3n) is 3.36. The fourth-order valence-corrected chi connectivity index (χ4v) is 2.69. The molecule has 0 saturated heterocycles. The quantitative estimate of drug-likeness (QED) is 0.780. The van der Waals surface area contributed by atoms with Crippen LogP contribution in [0, 0.1) is 0 Å². The van der Waals surface area contributed by atoms with Gasteiger partial charge in [-0.05, 0) is 34.7 Å². The van der Waals surface area contributed by atoms with E-state index in [0.29, 0.717) is 6.54 Å². The van der Waals surface area contributed by atoms with Crippen LogP contribution in [0.5, 0.6) is 0 Å². The Morgan fingerprint density at radius 1 is 1.00 bits per heavy atom. The Labute approximate surface area is 121 Å². The highest BCUT2D eigenvalue weighted by Crippen LogP contribution is 2.21.